The van der Waals surface area contributed by atoms with Crippen LogP contribution in [0.4, 0.5) is 4.79 Å². The number of nitrogens with one attached hydrogen (secondary N) is 2. The van der Waals surface area contributed by atoms with E-state index in [1.165, 1.54) is 11.1 Å². The summed E-state index contributed by atoms with van der Waals surface area (Å²) >= 11 is 0. The second-order valence-corrected chi connectivity index (χ2v) is 6.58. The van der Waals surface area contributed by atoms with Crippen molar-refractivity contribution in [3.63, 3.8) is 0 Å². The molecular weight excluding hydrogens is 264 g/mol. The smallest absolute Gasteiger partial charge is 0.407 e. The largest absolute Gasteiger partial charge is 0.444 e. The minimum absolute atomic E-state index is 0.161. The van der Waals surface area contributed by atoms with Gasteiger partial charge in [0.2, 0.25) is 0 Å². The number of hydrogen-bond acceptors (Lipinski definition) is 3. The number of carbonyl (C=O) groups is 1. The minimum atomic E-state index is -0.462. The molecule has 1 unspecified atom stereocenters. The van der Waals surface area contributed by atoms with Crippen LogP contribution in [0.1, 0.15) is 51.8 Å². The van der Waals surface area contributed by atoms with Gasteiger partial charge in [0.15, 0.2) is 0 Å². The van der Waals surface area contributed by atoms with Crippen molar-refractivity contribution in [2.75, 3.05) is 6.54 Å². The summed E-state index contributed by atoms with van der Waals surface area (Å²) in [6.45, 7) is 12.3. The third kappa shape index (κ3) is 7.14. The van der Waals surface area contributed by atoms with E-state index in [-0.39, 0.29) is 18.2 Å². The summed E-state index contributed by atoms with van der Waals surface area (Å²) < 4.78 is 5.21. The van der Waals surface area contributed by atoms with Crippen LogP contribution in [0.2, 0.25) is 0 Å². The van der Waals surface area contributed by atoms with Gasteiger partial charge in [-0.25, -0.2) is 4.79 Å². The average Bonchev–Trinajstić information content (AvgIpc) is 2.35. The van der Waals surface area contributed by atoms with Crippen LogP contribution in [0, 0.1) is 6.92 Å². The number of aryl methyl sites for hydroxylation is 1. The Bertz CT molecular complexity index is 449. The first-order chi connectivity index (χ1) is 9.67. The zero-order valence-electron chi connectivity index (χ0n) is 14.0. The van der Waals surface area contributed by atoms with Crippen molar-refractivity contribution in [2.45, 2.75) is 59.2 Å². The van der Waals surface area contributed by atoms with Crippen LogP contribution >= 0.6 is 0 Å². The van der Waals surface area contributed by atoms with E-state index in [0.29, 0.717) is 6.54 Å². The van der Waals surface area contributed by atoms with E-state index >= 15 is 0 Å². The van der Waals surface area contributed by atoms with Gasteiger partial charge in [-0.1, -0.05) is 29.8 Å². The van der Waals surface area contributed by atoms with Crippen LogP contribution in [0.15, 0.2) is 24.3 Å². The number of benzene rings is 1. The maximum atomic E-state index is 11.6. The van der Waals surface area contributed by atoms with Gasteiger partial charge in [-0.05, 0) is 47.1 Å². The second-order valence-electron chi connectivity index (χ2n) is 6.58. The van der Waals surface area contributed by atoms with Gasteiger partial charge in [0.25, 0.3) is 0 Å². The van der Waals surface area contributed by atoms with Crippen LogP contribution in [-0.4, -0.2) is 24.3 Å². The van der Waals surface area contributed by atoms with E-state index < -0.39 is 5.60 Å². The molecule has 1 aromatic rings. The van der Waals surface area contributed by atoms with Crippen molar-refractivity contribution in [1.29, 1.82) is 0 Å². The Morgan fingerprint density at radius 2 is 1.76 bits per heavy atom. The van der Waals surface area contributed by atoms with Gasteiger partial charge in [-0.2, -0.15) is 0 Å². The van der Waals surface area contributed by atoms with Gasteiger partial charge in [0, 0.05) is 18.6 Å². The van der Waals surface area contributed by atoms with Gasteiger partial charge in [0.05, 0.1) is 0 Å². The first-order valence-corrected chi connectivity index (χ1v) is 7.47. The van der Waals surface area contributed by atoms with E-state index in [9.17, 15) is 4.79 Å². The summed E-state index contributed by atoms with van der Waals surface area (Å²) in [6, 6.07) is 8.87. The zero-order chi connectivity index (χ0) is 16.0. The highest BCUT2D eigenvalue weighted by atomic mass is 16.6. The van der Waals surface area contributed by atoms with Crippen LogP contribution in [-0.2, 0) is 4.74 Å². The molecule has 21 heavy (non-hydrogen) atoms. The Morgan fingerprint density at radius 3 is 2.29 bits per heavy atom. The molecule has 0 aromatic heterocycles. The average molecular weight is 292 g/mol. The third-order valence-corrected chi connectivity index (χ3v) is 3.06. The lowest BCUT2D eigenvalue weighted by Crippen LogP contribution is -2.41. The Morgan fingerprint density at radius 1 is 1.19 bits per heavy atom. The summed E-state index contributed by atoms with van der Waals surface area (Å²) in [5.74, 6) is 0. The fourth-order valence-corrected chi connectivity index (χ4v) is 1.99. The molecule has 0 heterocycles. The van der Waals surface area contributed by atoms with E-state index in [1.807, 2.05) is 27.7 Å². The lowest BCUT2D eigenvalue weighted by molar-refractivity contribution is 0.0522. The molecular formula is C17H28N2O2. The first kappa shape index (κ1) is 17.5. The molecule has 1 amide bonds. The molecule has 1 aromatic carbocycles. The summed E-state index contributed by atoms with van der Waals surface area (Å²) in [7, 11) is 0. The number of carbonyl (C=O) groups excluding carboxylic acids is 1. The topological polar surface area (TPSA) is 50.4 Å². The highest BCUT2D eigenvalue weighted by Crippen LogP contribution is 2.13. The zero-order valence-corrected chi connectivity index (χ0v) is 14.0. The van der Waals surface area contributed by atoms with Crippen molar-refractivity contribution < 1.29 is 9.53 Å². The predicted octanol–water partition coefficient (Wildman–Crippen LogP) is 3.56. The second kappa shape index (κ2) is 7.46. The first-order valence-electron chi connectivity index (χ1n) is 7.47. The van der Waals surface area contributed by atoms with E-state index in [2.05, 4.69) is 48.7 Å². The summed E-state index contributed by atoms with van der Waals surface area (Å²) in [5, 5.41) is 6.24. The lowest BCUT2D eigenvalue weighted by atomic mass is 10.1. The van der Waals surface area contributed by atoms with Gasteiger partial charge in [-0.3, -0.25) is 0 Å². The number of hydrogen-bond donors (Lipinski definition) is 2. The van der Waals surface area contributed by atoms with Crippen molar-refractivity contribution >= 4 is 6.09 Å². The predicted molar refractivity (Wildman–Crippen MR) is 86.4 cm³/mol. The van der Waals surface area contributed by atoms with Crippen molar-refractivity contribution in [2.24, 2.45) is 0 Å². The van der Waals surface area contributed by atoms with Crippen molar-refractivity contribution in [3.8, 4) is 0 Å². The lowest BCUT2D eigenvalue weighted by Gasteiger charge is -2.23. The number of rotatable bonds is 5. The van der Waals surface area contributed by atoms with Crippen molar-refractivity contribution in [1.82, 2.24) is 10.6 Å². The number of alkyl carbamates (subject to hydrolysis) is 1. The molecule has 0 fully saturated rings. The SMILES string of the molecule is Cc1ccc([C@H](C)NC(C)CNC(=O)OC(C)(C)C)cc1. The Labute approximate surface area is 128 Å². The maximum absolute atomic E-state index is 11.6. The van der Waals surface area contributed by atoms with Crippen LogP contribution in [0.3, 0.4) is 0 Å². The standard InChI is InChI=1S/C17H28N2O2/c1-12-7-9-15(10-8-12)14(3)19-13(2)11-18-16(20)21-17(4,5)6/h7-10,13-14,19H,11H2,1-6H3,(H,18,20)/t13?,14-/m0/s1. The van der Waals surface area contributed by atoms with Crippen molar-refractivity contribution in [3.05, 3.63) is 35.4 Å². The van der Waals surface area contributed by atoms with Crippen LogP contribution in [0.5, 0.6) is 0 Å². The Balaban J connectivity index is 2.38. The molecule has 0 spiro atoms. The molecule has 0 saturated heterocycles. The van der Waals surface area contributed by atoms with E-state index in [1.54, 1.807) is 0 Å². The van der Waals surface area contributed by atoms with Crippen LogP contribution < -0.4 is 10.6 Å². The maximum Gasteiger partial charge on any atom is 0.407 e. The molecule has 0 aliphatic carbocycles. The van der Waals surface area contributed by atoms with E-state index in [0.717, 1.165) is 0 Å². The quantitative estimate of drug-likeness (QED) is 0.872. The number of amides is 1. The molecule has 1 rings (SSSR count). The minimum Gasteiger partial charge on any atom is -0.444 e. The molecule has 0 radical (unpaired) electrons. The summed E-state index contributed by atoms with van der Waals surface area (Å²) in [6.07, 6.45) is -0.376. The van der Waals surface area contributed by atoms with Crippen LogP contribution in [0.25, 0.3) is 0 Å². The highest BCUT2D eigenvalue weighted by Gasteiger charge is 2.17. The van der Waals surface area contributed by atoms with Gasteiger partial charge in [0.1, 0.15) is 5.60 Å². The normalized spacial score (nSPS) is 14.4. The third-order valence-electron chi connectivity index (χ3n) is 3.06. The molecule has 0 aliphatic heterocycles. The van der Waals surface area contributed by atoms with E-state index in [4.69, 9.17) is 4.74 Å². The van der Waals surface area contributed by atoms with Gasteiger partial charge >= 0.3 is 6.09 Å². The monoisotopic (exact) mass is 292 g/mol. The summed E-state index contributed by atoms with van der Waals surface area (Å²) in [5.41, 5.74) is 2.03. The fourth-order valence-electron chi connectivity index (χ4n) is 1.99. The summed E-state index contributed by atoms with van der Waals surface area (Å²) in [4.78, 5) is 11.6. The van der Waals surface area contributed by atoms with Gasteiger partial charge < -0.3 is 15.4 Å². The Hall–Kier alpha value is -1.55. The molecule has 2 N–H and O–H groups in total. The molecule has 118 valence electrons. The molecule has 0 aliphatic rings. The molecule has 4 nitrogen and oxygen atoms in total. The molecule has 2 atom stereocenters. The molecule has 4 heteroatoms. The molecule has 0 saturated carbocycles. The fraction of sp³-hybridized carbons (Fsp3) is 0.588. The number of ether oxygens (including phenoxy) is 1. The Kier molecular flexibility index (Phi) is 6.21. The highest BCUT2D eigenvalue weighted by molar-refractivity contribution is 5.67. The molecule has 0 bridgehead atoms. The van der Waals surface area contributed by atoms with Gasteiger partial charge in [-0.15, -0.1) is 0 Å².